The second kappa shape index (κ2) is 9.85. The molecule has 0 fully saturated rings. The number of benzene rings is 1. The molecule has 146 valence electrons. The van der Waals surface area contributed by atoms with E-state index in [1.165, 1.54) is 7.11 Å². The number of nitrogens with one attached hydrogen (secondary N) is 2. The number of hydrogen-bond donors (Lipinski definition) is 2. The zero-order valence-electron chi connectivity index (χ0n) is 14.8. The number of ether oxygens (including phenoxy) is 2. The lowest BCUT2D eigenvalue weighted by molar-refractivity contribution is -0.125. The van der Waals surface area contributed by atoms with Gasteiger partial charge in [0.2, 0.25) is 5.91 Å². The molecular weight excluding hydrogens is 355 g/mol. The summed E-state index contributed by atoms with van der Waals surface area (Å²) >= 11 is 0. The van der Waals surface area contributed by atoms with Crippen LogP contribution < -0.4 is 20.1 Å². The van der Waals surface area contributed by atoms with Gasteiger partial charge in [-0.05, 0) is 31.7 Å². The van der Waals surface area contributed by atoms with Crippen molar-refractivity contribution >= 4 is 11.9 Å². The molecule has 0 aliphatic rings. The normalized spacial score (nSPS) is 11.2. The monoisotopic (exact) mass is 377 g/mol. The van der Waals surface area contributed by atoms with Crippen LogP contribution in [0.15, 0.2) is 18.2 Å². The third-order valence-electron chi connectivity index (χ3n) is 3.10. The van der Waals surface area contributed by atoms with Gasteiger partial charge in [-0.1, -0.05) is 6.07 Å². The topological polar surface area (TPSA) is 79.9 Å². The zero-order chi connectivity index (χ0) is 19.7. The standard InChI is InChI=1S/C16H22F3N3O4/c1-4-26-12-6-5-11(7-13(12)25-3)8-22(2)9-14(23)21-15(24)20-10-16(17,18)19/h5-7H,4,8-10H2,1-3H3,(H2,20,21,23,24). The quantitative estimate of drug-likeness (QED) is 0.724. The number of hydrogen-bond acceptors (Lipinski definition) is 5. The van der Waals surface area contributed by atoms with Crippen LogP contribution in [-0.2, 0) is 11.3 Å². The van der Waals surface area contributed by atoms with Crippen LogP contribution in [0.4, 0.5) is 18.0 Å². The van der Waals surface area contributed by atoms with Gasteiger partial charge in [0.25, 0.3) is 0 Å². The number of carbonyl (C=O) groups excluding carboxylic acids is 2. The molecular formula is C16H22F3N3O4. The van der Waals surface area contributed by atoms with Crippen molar-refractivity contribution in [2.45, 2.75) is 19.6 Å². The molecule has 0 unspecified atom stereocenters. The fraction of sp³-hybridized carbons (Fsp3) is 0.500. The maximum atomic E-state index is 12.0. The van der Waals surface area contributed by atoms with Gasteiger partial charge in [0.1, 0.15) is 6.54 Å². The predicted octanol–water partition coefficient (Wildman–Crippen LogP) is 1.91. The van der Waals surface area contributed by atoms with Gasteiger partial charge < -0.3 is 14.8 Å². The van der Waals surface area contributed by atoms with Crippen molar-refractivity contribution < 1.29 is 32.2 Å². The Kier molecular flexibility index (Phi) is 8.17. The van der Waals surface area contributed by atoms with Gasteiger partial charge in [-0.25, -0.2) is 4.79 Å². The third kappa shape index (κ3) is 8.06. The van der Waals surface area contributed by atoms with Crippen molar-refractivity contribution in [3.05, 3.63) is 23.8 Å². The number of methoxy groups -OCH3 is 1. The van der Waals surface area contributed by atoms with Gasteiger partial charge in [-0.15, -0.1) is 0 Å². The number of alkyl halides is 3. The number of amides is 3. The van der Waals surface area contributed by atoms with E-state index in [2.05, 4.69) is 0 Å². The minimum atomic E-state index is -4.54. The summed E-state index contributed by atoms with van der Waals surface area (Å²) in [7, 11) is 3.15. The fourth-order valence-corrected chi connectivity index (χ4v) is 2.09. The van der Waals surface area contributed by atoms with E-state index in [0.29, 0.717) is 24.7 Å². The molecule has 0 bridgehead atoms. The smallest absolute Gasteiger partial charge is 0.405 e. The molecule has 0 spiro atoms. The van der Waals surface area contributed by atoms with E-state index in [9.17, 15) is 22.8 Å². The number of rotatable bonds is 8. The largest absolute Gasteiger partial charge is 0.493 e. The molecule has 0 heterocycles. The lowest BCUT2D eigenvalue weighted by atomic mass is 10.2. The maximum absolute atomic E-state index is 12.0. The fourth-order valence-electron chi connectivity index (χ4n) is 2.09. The molecule has 2 N–H and O–H groups in total. The molecule has 1 aromatic carbocycles. The van der Waals surface area contributed by atoms with Crippen molar-refractivity contribution in [2.24, 2.45) is 0 Å². The molecule has 1 aromatic rings. The number of carbonyl (C=O) groups is 2. The molecule has 0 aliphatic heterocycles. The highest BCUT2D eigenvalue weighted by atomic mass is 19.4. The van der Waals surface area contributed by atoms with E-state index in [1.54, 1.807) is 35.5 Å². The Balaban J connectivity index is 2.51. The van der Waals surface area contributed by atoms with Crippen molar-refractivity contribution in [3.63, 3.8) is 0 Å². The summed E-state index contributed by atoms with van der Waals surface area (Å²) < 4.78 is 46.6. The Hall–Kier alpha value is -2.49. The van der Waals surface area contributed by atoms with Gasteiger partial charge in [-0.2, -0.15) is 13.2 Å². The number of likely N-dealkylation sites (N-methyl/N-ethyl adjacent to an activating group) is 1. The Morgan fingerprint density at radius 1 is 1.23 bits per heavy atom. The van der Waals surface area contributed by atoms with E-state index in [0.717, 1.165) is 5.56 Å². The van der Waals surface area contributed by atoms with E-state index in [-0.39, 0.29) is 6.54 Å². The molecule has 10 heteroatoms. The highest BCUT2D eigenvalue weighted by Gasteiger charge is 2.28. The van der Waals surface area contributed by atoms with Crippen molar-refractivity contribution in [1.82, 2.24) is 15.5 Å². The van der Waals surface area contributed by atoms with E-state index >= 15 is 0 Å². The van der Waals surface area contributed by atoms with Crippen LogP contribution in [0.2, 0.25) is 0 Å². The number of imide groups is 1. The van der Waals surface area contributed by atoms with Gasteiger partial charge in [0, 0.05) is 6.54 Å². The lowest BCUT2D eigenvalue weighted by Gasteiger charge is -2.17. The average Bonchev–Trinajstić information content (AvgIpc) is 2.53. The summed E-state index contributed by atoms with van der Waals surface area (Å²) in [5.41, 5.74) is 0.835. The Morgan fingerprint density at radius 3 is 2.50 bits per heavy atom. The van der Waals surface area contributed by atoms with Gasteiger partial charge in [-0.3, -0.25) is 15.0 Å². The summed E-state index contributed by atoms with van der Waals surface area (Å²) in [4.78, 5) is 24.5. The number of nitrogens with zero attached hydrogens (tertiary/aromatic N) is 1. The summed E-state index contributed by atoms with van der Waals surface area (Å²) in [6.07, 6.45) is -4.54. The predicted molar refractivity (Wildman–Crippen MR) is 88.1 cm³/mol. The van der Waals surface area contributed by atoms with Crippen molar-refractivity contribution in [3.8, 4) is 11.5 Å². The van der Waals surface area contributed by atoms with Gasteiger partial charge in [0.15, 0.2) is 11.5 Å². The minimum absolute atomic E-state index is 0.172. The molecule has 0 saturated heterocycles. The van der Waals surface area contributed by atoms with Crippen LogP contribution in [0.3, 0.4) is 0 Å². The summed E-state index contributed by atoms with van der Waals surface area (Å²) in [6, 6.07) is 4.12. The first-order chi connectivity index (χ1) is 12.1. The summed E-state index contributed by atoms with van der Waals surface area (Å²) in [5, 5.41) is 3.41. The second-order valence-electron chi connectivity index (χ2n) is 5.44. The van der Waals surface area contributed by atoms with E-state index in [4.69, 9.17) is 9.47 Å². The zero-order valence-corrected chi connectivity index (χ0v) is 14.8. The van der Waals surface area contributed by atoms with Crippen LogP contribution in [0, 0.1) is 0 Å². The van der Waals surface area contributed by atoms with E-state index in [1.807, 2.05) is 12.2 Å². The molecule has 7 nitrogen and oxygen atoms in total. The maximum Gasteiger partial charge on any atom is 0.405 e. The van der Waals surface area contributed by atoms with Crippen molar-refractivity contribution in [1.29, 1.82) is 0 Å². The van der Waals surface area contributed by atoms with Crippen LogP contribution in [0.25, 0.3) is 0 Å². The third-order valence-corrected chi connectivity index (χ3v) is 3.10. The van der Waals surface area contributed by atoms with Crippen LogP contribution in [-0.4, -0.2) is 56.9 Å². The number of halogens is 3. The highest BCUT2D eigenvalue weighted by Crippen LogP contribution is 2.28. The van der Waals surface area contributed by atoms with Crippen LogP contribution in [0.5, 0.6) is 11.5 Å². The molecule has 1 rings (SSSR count). The summed E-state index contributed by atoms with van der Waals surface area (Å²) in [6.45, 7) is 1.03. The minimum Gasteiger partial charge on any atom is -0.493 e. The Labute approximate surface area is 149 Å². The Bertz CT molecular complexity index is 623. The molecule has 0 aromatic heterocycles. The average molecular weight is 377 g/mol. The van der Waals surface area contributed by atoms with Crippen molar-refractivity contribution in [2.75, 3.05) is 33.9 Å². The first kappa shape index (κ1) is 21.6. The van der Waals surface area contributed by atoms with Gasteiger partial charge >= 0.3 is 12.2 Å². The first-order valence-electron chi connectivity index (χ1n) is 7.77. The molecule has 0 radical (unpaired) electrons. The Morgan fingerprint density at radius 2 is 1.92 bits per heavy atom. The highest BCUT2D eigenvalue weighted by molar-refractivity contribution is 5.95. The lowest BCUT2D eigenvalue weighted by Crippen LogP contribution is -2.46. The second-order valence-corrected chi connectivity index (χ2v) is 5.44. The first-order valence-corrected chi connectivity index (χ1v) is 7.77. The van der Waals surface area contributed by atoms with E-state index < -0.39 is 24.7 Å². The molecule has 0 aliphatic carbocycles. The summed E-state index contributed by atoms with van der Waals surface area (Å²) in [5.74, 6) is 0.430. The number of urea groups is 1. The van der Waals surface area contributed by atoms with Crippen LogP contribution in [0.1, 0.15) is 12.5 Å². The van der Waals surface area contributed by atoms with Gasteiger partial charge in [0.05, 0.1) is 20.3 Å². The molecule has 0 saturated carbocycles. The molecule has 26 heavy (non-hydrogen) atoms. The molecule has 0 atom stereocenters. The molecule has 3 amide bonds. The van der Waals surface area contributed by atoms with Crippen LogP contribution >= 0.6 is 0 Å². The SMILES string of the molecule is CCOc1ccc(CN(C)CC(=O)NC(=O)NCC(F)(F)F)cc1OC.